The Bertz CT molecular complexity index is 362. The summed E-state index contributed by atoms with van der Waals surface area (Å²) in [5.74, 6) is 1.33. The molecule has 15 heavy (non-hydrogen) atoms. The number of ether oxygens (including phenoxy) is 1. The minimum absolute atomic E-state index is 0.00356. The summed E-state index contributed by atoms with van der Waals surface area (Å²) in [7, 11) is 1.66. The van der Waals surface area contributed by atoms with Gasteiger partial charge >= 0.3 is 0 Å². The second kappa shape index (κ2) is 3.49. The Morgan fingerprint density at radius 3 is 2.80 bits per heavy atom. The number of hydrogen-bond acceptors (Lipinski definition) is 3. The van der Waals surface area contributed by atoms with Crippen LogP contribution in [-0.2, 0) is 0 Å². The van der Waals surface area contributed by atoms with Crippen LogP contribution in [-0.4, -0.2) is 12.1 Å². The number of nitrogens with zero attached hydrogens (tertiary/aromatic N) is 1. The molecule has 0 radical (unpaired) electrons. The number of hydrogen-bond donors (Lipinski definition) is 1. The molecule has 0 aliphatic heterocycles. The molecule has 2 unspecified atom stereocenters. The van der Waals surface area contributed by atoms with Crippen LogP contribution in [0.5, 0.6) is 5.75 Å². The molecule has 0 bridgehead atoms. The monoisotopic (exact) mass is 206 g/mol. The summed E-state index contributed by atoms with van der Waals surface area (Å²) in [6.07, 6.45) is 2.95. The topological polar surface area (TPSA) is 48.1 Å². The van der Waals surface area contributed by atoms with Crippen molar-refractivity contribution in [1.82, 2.24) is 4.98 Å². The van der Waals surface area contributed by atoms with Gasteiger partial charge in [0.25, 0.3) is 0 Å². The third-order valence-electron chi connectivity index (χ3n) is 3.36. The summed E-state index contributed by atoms with van der Waals surface area (Å²) in [6.45, 7) is 4.49. The lowest BCUT2D eigenvalue weighted by Gasteiger charge is -2.15. The van der Waals surface area contributed by atoms with Crippen LogP contribution in [0, 0.1) is 11.3 Å². The van der Waals surface area contributed by atoms with Gasteiger partial charge < -0.3 is 10.5 Å². The molecule has 1 saturated carbocycles. The summed E-state index contributed by atoms with van der Waals surface area (Å²) in [5.41, 5.74) is 7.46. The van der Waals surface area contributed by atoms with E-state index in [1.54, 1.807) is 13.3 Å². The quantitative estimate of drug-likeness (QED) is 0.824. The average Bonchev–Trinajstić information content (AvgIpc) is 2.86. The van der Waals surface area contributed by atoms with Gasteiger partial charge in [-0.1, -0.05) is 13.8 Å². The molecule has 0 saturated heterocycles. The fourth-order valence-corrected chi connectivity index (χ4v) is 2.14. The number of nitrogens with two attached hydrogens (primary N) is 1. The maximum atomic E-state index is 6.21. The molecule has 2 atom stereocenters. The van der Waals surface area contributed by atoms with E-state index in [1.165, 1.54) is 6.42 Å². The van der Waals surface area contributed by atoms with Crippen molar-refractivity contribution in [2.75, 3.05) is 7.11 Å². The van der Waals surface area contributed by atoms with E-state index in [2.05, 4.69) is 18.8 Å². The van der Waals surface area contributed by atoms with E-state index in [0.29, 0.717) is 11.3 Å². The molecule has 0 amide bonds. The zero-order valence-corrected chi connectivity index (χ0v) is 9.53. The maximum absolute atomic E-state index is 6.21. The van der Waals surface area contributed by atoms with Crippen LogP contribution >= 0.6 is 0 Å². The Morgan fingerprint density at radius 1 is 1.60 bits per heavy atom. The van der Waals surface area contributed by atoms with Crippen molar-refractivity contribution in [2.24, 2.45) is 17.1 Å². The third-order valence-corrected chi connectivity index (χ3v) is 3.36. The second-order valence-corrected chi connectivity index (χ2v) is 4.92. The Balaban J connectivity index is 2.22. The normalized spacial score (nSPS) is 24.7. The summed E-state index contributed by atoms with van der Waals surface area (Å²) < 4.78 is 5.27. The van der Waals surface area contributed by atoms with Crippen LogP contribution < -0.4 is 10.5 Å². The fourth-order valence-electron chi connectivity index (χ4n) is 2.14. The largest absolute Gasteiger partial charge is 0.495 e. The molecule has 0 spiro atoms. The number of rotatable bonds is 3. The van der Waals surface area contributed by atoms with Crippen LogP contribution in [0.4, 0.5) is 0 Å². The first-order chi connectivity index (χ1) is 7.06. The van der Waals surface area contributed by atoms with Crippen LogP contribution in [0.1, 0.15) is 32.0 Å². The van der Waals surface area contributed by atoms with Crippen molar-refractivity contribution < 1.29 is 4.74 Å². The molecular formula is C12H18N2O. The predicted molar refractivity (Wildman–Crippen MR) is 59.6 cm³/mol. The summed E-state index contributed by atoms with van der Waals surface area (Å²) in [4.78, 5) is 4.33. The van der Waals surface area contributed by atoms with Crippen molar-refractivity contribution in [1.29, 1.82) is 0 Å². The summed E-state index contributed by atoms with van der Waals surface area (Å²) in [6, 6.07) is 3.78. The summed E-state index contributed by atoms with van der Waals surface area (Å²) >= 11 is 0. The lowest BCUT2D eigenvalue weighted by atomic mass is 10.0. The van der Waals surface area contributed by atoms with Gasteiger partial charge in [-0.25, -0.2) is 0 Å². The Labute approximate surface area is 90.7 Å². The maximum Gasteiger partial charge on any atom is 0.141 e. The molecule has 2 N–H and O–H groups in total. The first kappa shape index (κ1) is 10.4. The Kier molecular flexibility index (Phi) is 2.43. The van der Waals surface area contributed by atoms with Crippen LogP contribution in [0.2, 0.25) is 0 Å². The first-order valence-corrected chi connectivity index (χ1v) is 5.31. The van der Waals surface area contributed by atoms with Crippen LogP contribution in [0.3, 0.4) is 0 Å². The highest BCUT2D eigenvalue weighted by atomic mass is 16.5. The van der Waals surface area contributed by atoms with Gasteiger partial charge in [0.15, 0.2) is 0 Å². The van der Waals surface area contributed by atoms with E-state index in [9.17, 15) is 0 Å². The van der Waals surface area contributed by atoms with Crippen LogP contribution in [0.25, 0.3) is 0 Å². The standard InChI is InChI=1S/C12H18N2O/c1-12(2)7-8(12)10(13)11-9(15-3)5-4-6-14-11/h4-6,8,10H,7,13H2,1-3H3. The molecule has 1 aromatic heterocycles. The van der Waals surface area contributed by atoms with Gasteiger partial charge in [0.05, 0.1) is 18.8 Å². The minimum atomic E-state index is -0.00356. The highest BCUT2D eigenvalue weighted by Crippen LogP contribution is 2.57. The number of pyridine rings is 1. The molecular weight excluding hydrogens is 188 g/mol. The second-order valence-electron chi connectivity index (χ2n) is 4.92. The van der Waals surface area contributed by atoms with Crippen molar-refractivity contribution in [3.63, 3.8) is 0 Å². The van der Waals surface area contributed by atoms with Gasteiger partial charge in [-0.05, 0) is 29.9 Å². The molecule has 3 heteroatoms. The lowest BCUT2D eigenvalue weighted by Crippen LogP contribution is -2.17. The number of aromatic nitrogens is 1. The van der Waals surface area contributed by atoms with Gasteiger partial charge in [0.2, 0.25) is 0 Å². The third kappa shape index (κ3) is 1.84. The van der Waals surface area contributed by atoms with Gasteiger partial charge in [-0.15, -0.1) is 0 Å². The average molecular weight is 206 g/mol. The van der Waals surface area contributed by atoms with Gasteiger partial charge in [-0.3, -0.25) is 4.98 Å². The molecule has 0 aromatic carbocycles. The molecule has 1 fully saturated rings. The minimum Gasteiger partial charge on any atom is -0.495 e. The van der Waals surface area contributed by atoms with E-state index in [0.717, 1.165) is 11.4 Å². The lowest BCUT2D eigenvalue weighted by molar-refractivity contribution is 0.392. The molecule has 1 aromatic rings. The molecule has 1 heterocycles. The van der Waals surface area contributed by atoms with E-state index < -0.39 is 0 Å². The number of methoxy groups -OCH3 is 1. The highest BCUT2D eigenvalue weighted by Gasteiger charge is 2.50. The van der Waals surface area contributed by atoms with E-state index in [-0.39, 0.29) is 6.04 Å². The molecule has 3 nitrogen and oxygen atoms in total. The van der Waals surface area contributed by atoms with Gasteiger partial charge in [0.1, 0.15) is 5.75 Å². The predicted octanol–water partition coefficient (Wildman–Crippen LogP) is 2.14. The zero-order chi connectivity index (χ0) is 11.1. The van der Waals surface area contributed by atoms with Crippen molar-refractivity contribution in [3.05, 3.63) is 24.0 Å². The van der Waals surface area contributed by atoms with Gasteiger partial charge in [0, 0.05) is 6.20 Å². The smallest absolute Gasteiger partial charge is 0.141 e. The zero-order valence-electron chi connectivity index (χ0n) is 9.53. The first-order valence-electron chi connectivity index (χ1n) is 5.31. The van der Waals surface area contributed by atoms with Crippen molar-refractivity contribution in [2.45, 2.75) is 26.3 Å². The van der Waals surface area contributed by atoms with Crippen molar-refractivity contribution in [3.8, 4) is 5.75 Å². The van der Waals surface area contributed by atoms with E-state index >= 15 is 0 Å². The molecule has 82 valence electrons. The van der Waals surface area contributed by atoms with Crippen molar-refractivity contribution >= 4 is 0 Å². The molecule has 1 aliphatic carbocycles. The van der Waals surface area contributed by atoms with Crippen LogP contribution in [0.15, 0.2) is 18.3 Å². The Hall–Kier alpha value is -1.09. The van der Waals surface area contributed by atoms with E-state index in [1.807, 2.05) is 12.1 Å². The van der Waals surface area contributed by atoms with E-state index in [4.69, 9.17) is 10.5 Å². The van der Waals surface area contributed by atoms with Gasteiger partial charge in [-0.2, -0.15) is 0 Å². The summed E-state index contributed by atoms with van der Waals surface area (Å²) in [5, 5.41) is 0. The SMILES string of the molecule is COc1cccnc1C(N)C1CC1(C)C. The molecule has 2 rings (SSSR count). The highest BCUT2D eigenvalue weighted by molar-refractivity contribution is 5.31. The fraction of sp³-hybridized carbons (Fsp3) is 0.583. The Morgan fingerprint density at radius 2 is 2.27 bits per heavy atom. The molecule has 1 aliphatic rings.